The zero-order valence-corrected chi connectivity index (χ0v) is 12.4. The summed E-state index contributed by atoms with van der Waals surface area (Å²) in [4.78, 5) is 27.0. The minimum atomic E-state index is -0.149. The molecule has 1 aliphatic heterocycles. The summed E-state index contributed by atoms with van der Waals surface area (Å²) < 4.78 is 0. The van der Waals surface area contributed by atoms with Crippen molar-refractivity contribution in [2.75, 3.05) is 7.05 Å². The topological polar surface area (TPSA) is 49.4 Å². The van der Waals surface area contributed by atoms with Gasteiger partial charge in [-0.15, -0.1) is 11.3 Å². The Morgan fingerprint density at radius 3 is 2.84 bits per heavy atom. The molecular weight excluding hydrogens is 260 g/mol. The second kappa shape index (κ2) is 5.74. The lowest BCUT2D eigenvalue weighted by Gasteiger charge is -2.38. The third kappa shape index (κ3) is 2.97. The maximum absolute atomic E-state index is 12.3. The number of nitrogens with zero attached hydrogens (tertiary/aromatic N) is 1. The van der Waals surface area contributed by atoms with Gasteiger partial charge in [-0.2, -0.15) is 0 Å². The number of carbonyl (C=O) groups excluding carboxylic acids is 2. The average Bonchev–Trinajstić information content (AvgIpc) is 2.84. The summed E-state index contributed by atoms with van der Waals surface area (Å²) in [7, 11) is 1.79. The zero-order chi connectivity index (χ0) is 14.0. The second-order valence-electron chi connectivity index (χ2n) is 5.27. The van der Waals surface area contributed by atoms with E-state index in [4.69, 9.17) is 0 Å². The number of carbonyl (C=O) groups is 2. The maximum atomic E-state index is 12.3. The van der Waals surface area contributed by atoms with Gasteiger partial charge in [-0.3, -0.25) is 9.59 Å². The highest BCUT2D eigenvalue weighted by atomic mass is 32.1. The summed E-state index contributed by atoms with van der Waals surface area (Å²) in [6.45, 7) is 3.91. The highest BCUT2D eigenvalue weighted by molar-refractivity contribution is 7.10. The molecule has 5 heteroatoms. The van der Waals surface area contributed by atoms with Crippen LogP contribution in [0.4, 0.5) is 0 Å². The average molecular weight is 280 g/mol. The third-order valence-corrected chi connectivity index (χ3v) is 4.41. The van der Waals surface area contributed by atoms with Crippen LogP contribution in [0.3, 0.4) is 0 Å². The van der Waals surface area contributed by atoms with E-state index >= 15 is 0 Å². The molecule has 0 bridgehead atoms. The van der Waals surface area contributed by atoms with Crippen LogP contribution in [0.15, 0.2) is 17.5 Å². The van der Waals surface area contributed by atoms with Crippen LogP contribution in [0.25, 0.3) is 0 Å². The van der Waals surface area contributed by atoms with Gasteiger partial charge in [0.25, 0.3) is 0 Å². The summed E-state index contributed by atoms with van der Waals surface area (Å²) in [6.07, 6.45) is 1.08. The van der Waals surface area contributed by atoms with Gasteiger partial charge in [0.1, 0.15) is 0 Å². The summed E-state index contributed by atoms with van der Waals surface area (Å²) in [5.41, 5.74) is 0. The van der Waals surface area contributed by atoms with Crippen LogP contribution in [-0.4, -0.2) is 29.8 Å². The van der Waals surface area contributed by atoms with E-state index in [2.05, 4.69) is 5.32 Å². The lowest BCUT2D eigenvalue weighted by molar-refractivity contribution is -0.141. The van der Waals surface area contributed by atoms with E-state index < -0.39 is 0 Å². The molecule has 19 heavy (non-hydrogen) atoms. The van der Waals surface area contributed by atoms with Crippen molar-refractivity contribution in [2.45, 2.75) is 38.8 Å². The third-order valence-electron chi connectivity index (χ3n) is 3.46. The molecule has 2 amide bonds. The van der Waals surface area contributed by atoms with Crippen LogP contribution in [0.2, 0.25) is 0 Å². The van der Waals surface area contributed by atoms with E-state index in [0.717, 1.165) is 4.88 Å². The summed E-state index contributed by atoms with van der Waals surface area (Å²) in [5, 5.41) is 4.95. The van der Waals surface area contributed by atoms with E-state index in [-0.39, 0.29) is 29.8 Å². The Kier molecular flexibility index (Phi) is 4.24. The Labute approximate surface area is 117 Å². The number of hydrogen-bond donors (Lipinski definition) is 1. The second-order valence-corrected chi connectivity index (χ2v) is 6.25. The van der Waals surface area contributed by atoms with Crippen LogP contribution < -0.4 is 5.32 Å². The highest BCUT2D eigenvalue weighted by Crippen LogP contribution is 2.37. The molecule has 1 fully saturated rings. The van der Waals surface area contributed by atoms with Crippen LogP contribution in [0.5, 0.6) is 0 Å². The van der Waals surface area contributed by atoms with Gasteiger partial charge in [-0.25, -0.2) is 0 Å². The van der Waals surface area contributed by atoms with E-state index in [1.807, 2.05) is 31.4 Å². The van der Waals surface area contributed by atoms with Gasteiger partial charge in [-0.1, -0.05) is 6.07 Å². The molecule has 0 aromatic carbocycles. The molecule has 0 saturated carbocycles. The van der Waals surface area contributed by atoms with Crippen molar-refractivity contribution in [3.8, 4) is 0 Å². The number of hydrogen-bond acceptors (Lipinski definition) is 3. The summed E-state index contributed by atoms with van der Waals surface area (Å²) in [6, 6.07) is 3.96. The van der Waals surface area contributed by atoms with Crippen molar-refractivity contribution in [1.82, 2.24) is 10.2 Å². The van der Waals surface area contributed by atoms with Gasteiger partial charge in [0, 0.05) is 24.4 Å². The van der Waals surface area contributed by atoms with E-state index in [1.165, 1.54) is 0 Å². The van der Waals surface area contributed by atoms with Crippen molar-refractivity contribution in [3.63, 3.8) is 0 Å². The van der Waals surface area contributed by atoms with Gasteiger partial charge in [0.05, 0.1) is 12.0 Å². The quantitative estimate of drug-likeness (QED) is 0.922. The number of nitrogens with one attached hydrogen (secondary N) is 1. The van der Waals surface area contributed by atoms with Gasteiger partial charge in [-0.05, 0) is 31.7 Å². The molecule has 1 aromatic heterocycles. The first-order chi connectivity index (χ1) is 9.00. The lowest BCUT2D eigenvalue weighted by atomic mass is 9.87. The first-order valence-electron chi connectivity index (χ1n) is 6.60. The predicted octanol–water partition coefficient (Wildman–Crippen LogP) is 2.18. The zero-order valence-electron chi connectivity index (χ0n) is 11.6. The van der Waals surface area contributed by atoms with E-state index in [0.29, 0.717) is 12.8 Å². The van der Waals surface area contributed by atoms with Gasteiger partial charge in [0.15, 0.2) is 0 Å². The van der Waals surface area contributed by atoms with E-state index in [9.17, 15) is 9.59 Å². The molecule has 1 aromatic rings. The van der Waals surface area contributed by atoms with Gasteiger partial charge < -0.3 is 10.2 Å². The predicted molar refractivity (Wildman–Crippen MR) is 75.8 cm³/mol. The molecule has 1 aliphatic rings. The fourth-order valence-corrected chi connectivity index (χ4v) is 3.49. The first-order valence-corrected chi connectivity index (χ1v) is 7.48. The minimum Gasteiger partial charge on any atom is -0.354 e. The molecular formula is C14H20N2O2S. The molecule has 4 nitrogen and oxygen atoms in total. The molecule has 0 spiro atoms. The fourth-order valence-electron chi connectivity index (χ4n) is 2.55. The molecule has 2 heterocycles. The fraction of sp³-hybridized carbons (Fsp3) is 0.571. The van der Waals surface area contributed by atoms with Crippen molar-refractivity contribution in [1.29, 1.82) is 0 Å². The Bertz CT molecular complexity index is 456. The van der Waals surface area contributed by atoms with Crippen LogP contribution in [0, 0.1) is 5.92 Å². The normalized spacial score (nSPS) is 23.8. The Balaban J connectivity index is 2.25. The highest BCUT2D eigenvalue weighted by Gasteiger charge is 2.39. The molecule has 0 radical (unpaired) electrons. The molecule has 1 N–H and O–H groups in total. The number of thiophene rings is 1. The van der Waals surface area contributed by atoms with Crippen molar-refractivity contribution >= 4 is 23.2 Å². The minimum absolute atomic E-state index is 0.0488. The Morgan fingerprint density at radius 2 is 2.26 bits per heavy atom. The molecule has 1 saturated heterocycles. The van der Waals surface area contributed by atoms with Crippen LogP contribution in [-0.2, 0) is 9.59 Å². The molecule has 104 valence electrons. The molecule has 0 aliphatic carbocycles. The standard InChI is InChI=1S/C14H20N2O2S/c1-9(2)15-14(18)10-6-7-12(17)16(3)13(10)11-5-4-8-19-11/h4-5,8-10,13H,6-7H2,1-3H3,(H,15,18)/t10-,13-/m0/s1. The van der Waals surface area contributed by atoms with Crippen molar-refractivity contribution in [2.24, 2.45) is 5.92 Å². The molecule has 2 atom stereocenters. The lowest BCUT2D eigenvalue weighted by Crippen LogP contribution is -2.47. The van der Waals surface area contributed by atoms with Crippen LogP contribution in [0.1, 0.15) is 37.6 Å². The van der Waals surface area contributed by atoms with Gasteiger partial charge in [0.2, 0.25) is 11.8 Å². The van der Waals surface area contributed by atoms with Crippen molar-refractivity contribution in [3.05, 3.63) is 22.4 Å². The SMILES string of the molecule is CC(C)NC(=O)[C@H]1CCC(=O)N(C)[C@@H]1c1cccs1. The summed E-state index contributed by atoms with van der Waals surface area (Å²) >= 11 is 1.60. The monoisotopic (exact) mass is 280 g/mol. The number of likely N-dealkylation sites (tertiary alicyclic amines) is 1. The Morgan fingerprint density at radius 1 is 1.53 bits per heavy atom. The Hall–Kier alpha value is -1.36. The number of rotatable bonds is 3. The molecule has 0 unspecified atom stereocenters. The van der Waals surface area contributed by atoms with Gasteiger partial charge >= 0.3 is 0 Å². The summed E-state index contributed by atoms with van der Waals surface area (Å²) in [5.74, 6) is 0.0171. The largest absolute Gasteiger partial charge is 0.354 e. The van der Waals surface area contributed by atoms with E-state index in [1.54, 1.807) is 23.3 Å². The smallest absolute Gasteiger partial charge is 0.225 e. The van der Waals surface area contributed by atoms with Crippen LogP contribution >= 0.6 is 11.3 Å². The first kappa shape index (κ1) is 14.1. The number of amides is 2. The molecule has 2 rings (SSSR count). The van der Waals surface area contributed by atoms with Crippen molar-refractivity contribution < 1.29 is 9.59 Å². The number of piperidine rings is 1. The maximum Gasteiger partial charge on any atom is 0.225 e.